The van der Waals surface area contributed by atoms with Crippen molar-refractivity contribution in [2.45, 2.75) is 20.0 Å². The van der Waals surface area contributed by atoms with Gasteiger partial charge in [-0.2, -0.15) is 0 Å². The van der Waals surface area contributed by atoms with Crippen molar-refractivity contribution in [3.8, 4) is 0 Å². The number of hydrogen-bond donors (Lipinski definition) is 1. The van der Waals surface area contributed by atoms with Crippen LogP contribution in [0.1, 0.15) is 11.1 Å². The molecule has 6 heteroatoms. The molecule has 6 nitrogen and oxygen atoms in total. The fourth-order valence-corrected chi connectivity index (χ4v) is 1.91. The second-order valence-electron chi connectivity index (χ2n) is 4.30. The molecule has 1 heterocycles. The topological polar surface area (TPSA) is 73.0 Å². The molecule has 2 rings (SSSR count). The van der Waals surface area contributed by atoms with E-state index in [2.05, 4.69) is 10.3 Å². The number of imidazole rings is 1. The van der Waals surface area contributed by atoms with E-state index in [0.717, 1.165) is 24.2 Å². The third-order valence-electron chi connectivity index (χ3n) is 3.04. The van der Waals surface area contributed by atoms with E-state index in [1.165, 1.54) is 6.07 Å². The van der Waals surface area contributed by atoms with Gasteiger partial charge >= 0.3 is 0 Å². The Hall–Kier alpha value is -2.21. The van der Waals surface area contributed by atoms with E-state index >= 15 is 0 Å². The highest BCUT2D eigenvalue weighted by Crippen LogP contribution is 2.20. The Bertz CT molecular complexity index is 552. The van der Waals surface area contributed by atoms with E-state index in [1.54, 1.807) is 25.5 Å². The summed E-state index contributed by atoms with van der Waals surface area (Å²) < 4.78 is 1.98. The van der Waals surface area contributed by atoms with Gasteiger partial charge < -0.3 is 9.88 Å². The molecule has 0 aliphatic rings. The van der Waals surface area contributed by atoms with Crippen molar-refractivity contribution in [2.24, 2.45) is 0 Å². The minimum Gasteiger partial charge on any atom is -0.336 e. The average molecular weight is 260 g/mol. The second kappa shape index (κ2) is 6.10. The zero-order valence-corrected chi connectivity index (χ0v) is 10.7. The molecule has 100 valence electrons. The van der Waals surface area contributed by atoms with Gasteiger partial charge in [-0.05, 0) is 12.5 Å². The summed E-state index contributed by atoms with van der Waals surface area (Å²) in [5.41, 5.74) is 1.86. The van der Waals surface area contributed by atoms with Crippen LogP contribution < -0.4 is 5.32 Å². The van der Waals surface area contributed by atoms with Gasteiger partial charge in [0.2, 0.25) is 0 Å². The molecule has 19 heavy (non-hydrogen) atoms. The molecule has 0 radical (unpaired) electrons. The molecule has 0 fully saturated rings. The highest BCUT2D eigenvalue weighted by atomic mass is 16.6. The first-order valence-electron chi connectivity index (χ1n) is 6.08. The summed E-state index contributed by atoms with van der Waals surface area (Å²) in [6.07, 6.45) is 5.41. The number of rotatable bonds is 6. The molecule has 1 N–H and O–H groups in total. The normalized spacial score (nSPS) is 10.6. The fraction of sp³-hybridized carbons (Fsp3) is 0.308. The Morgan fingerprint density at radius 3 is 3.00 bits per heavy atom. The lowest BCUT2D eigenvalue weighted by Gasteiger charge is -2.08. The molecule has 1 aromatic carbocycles. The number of hydrogen-bond acceptors (Lipinski definition) is 4. The monoisotopic (exact) mass is 260 g/mol. The molecule has 0 aliphatic heterocycles. The van der Waals surface area contributed by atoms with E-state index < -0.39 is 0 Å². The van der Waals surface area contributed by atoms with Crippen molar-refractivity contribution >= 4 is 5.69 Å². The fourth-order valence-electron chi connectivity index (χ4n) is 1.91. The summed E-state index contributed by atoms with van der Waals surface area (Å²) in [7, 11) is 0. The third kappa shape index (κ3) is 3.38. The summed E-state index contributed by atoms with van der Waals surface area (Å²) in [6.45, 7) is 4.03. The van der Waals surface area contributed by atoms with Gasteiger partial charge in [-0.25, -0.2) is 4.98 Å². The molecule has 2 aromatic rings. The van der Waals surface area contributed by atoms with E-state index in [0.29, 0.717) is 6.54 Å². The highest BCUT2D eigenvalue weighted by Gasteiger charge is 2.12. The van der Waals surface area contributed by atoms with Crippen molar-refractivity contribution < 1.29 is 4.92 Å². The van der Waals surface area contributed by atoms with Crippen molar-refractivity contribution in [1.82, 2.24) is 14.9 Å². The van der Waals surface area contributed by atoms with Crippen molar-refractivity contribution in [1.29, 1.82) is 0 Å². The maximum atomic E-state index is 10.8. The summed E-state index contributed by atoms with van der Waals surface area (Å²) in [5, 5.41) is 14.1. The molecular formula is C13H16N4O2. The lowest BCUT2D eigenvalue weighted by Crippen LogP contribution is -2.19. The zero-order valence-electron chi connectivity index (χ0n) is 10.7. The van der Waals surface area contributed by atoms with E-state index in [-0.39, 0.29) is 10.6 Å². The van der Waals surface area contributed by atoms with Crippen LogP contribution in [0.15, 0.2) is 36.9 Å². The van der Waals surface area contributed by atoms with Gasteiger partial charge in [-0.3, -0.25) is 10.1 Å². The number of nitrogens with one attached hydrogen (secondary N) is 1. The smallest absolute Gasteiger partial charge is 0.272 e. The lowest BCUT2D eigenvalue weighted by atomic mass is 10.1. The minimum atomic E-state index is -0.343. The van der Waals surface area contributed by atoms with Gasteiger partial charge in [0.25, 0.3) is 5.69 Å². The first-order valence-corrected chi connectivity index (χ1v) is 6.08. The van der Waals surface area contributed by atoms with Crippen LogP contribution in [0, 0.1) is 17.0 Å². The summed E-state index contributed by atoms with van der Waals surface area (Å²) in [6, 6.07) is 5.16. The Morgan fingerprint density at radius 1 is 1.47 bits per heavy atom. The predicted molar refractivity (Wildman–Crippen MR) is 71.8 cm³/mol. The Morgan fingerprint density at radius 2 is 2.32 bits per heavy atom. The van der Waals surface area contributed by atoms with Gasteiger partial charge in [0.05, 0.1) is 11.3 Å². The van der Waals surface area contributed by atoms with Crippen molar-refractivity contribution in [3.63, 3.8) is 0 Å². The van der Waals surface area contributed by atoms with Gasteiger partial charge in [0, 0.05) is 43.7 Å². The van der Waals surface area contributed by atoms with Crippen LogP contribution in [0.25, 0.3) is 0 Å². The van der Waals surface area contributed by atoms with Gasteiger partial charge in [-0.15, -0.1) is 0 Å². The maximum Gasteiger partial charge on any atom is 0.272 e. The molecule has 0 aliphatic carbocycles. The third-order valence-corrected chi connectivity index (χ3v) is 3.04. The Kier molecular flexibility index (Phi) is 4.25. The van der Waals surface area contributed by atoms with Crippen molar-refractivity contribution in [3.05, 3.63) is 58.2 Å². The maximum absolute atomic E-state index is 10.8. The number of nitro benzene ring substituents is 1. The standard InChI is InChI=1S/C13H16N4O2/c1-11-12(3-2-4-13(11)17(18)19)9-14-5-7-16-8-6-15-10-16/h2-4,6,8,10,14H,5,7,9H2,1H3. The quantitative estimate of drug-likeness (QED) is 0.489. The molecule has 0 unspecified atom stereocenters. The molecule has 0 saturated heterocycles. The molecule has 0 saturated carbocycles. The SMILES string of the molecule is Cc1c(CNCCn2ccnc2)cccc1[N+](=O)[O-]. The Balaban J connectivity index is 1.89. The number of aromatic nitrogens is 2. The van der Waals surface area contributed by atoms with E-state index in [4.69, 9.17) is 0 Å². The number of nitrogens with zero attached hydrogens (tertiary/aromatic N) is 3. The lowest BCUT2D eigenvalue weighted by molar-refractivity contribution is -0.385. The first-order chi connectivity index (χ1) is 9.18. The molecule has 0 amide bonds. The molecule has 0 spiro atoms. The summed E-state index contributed by atoms with van der Waals surface area (Å²) >= 11 is 0. The number of benzene rings is 1. The van der Waals surface area contributed by atoms with Crippen LogP contribution in [-0.4, -0.2) is 21.0 Å². The van der Waals surface area contributed by atoms with Crippen LogP contribution in [0.3, 0.4) is 0 Å². The van der Waals surface area contributed by atoms with Gasteiger partial charge in [0.15, 0.2) is 0 Å². The molecule has 0 atom stereocenters. The largest absolute Gasteiger partial charge is 0.336 e. The van der Waals surface area contributed by atoms with Gasteiger partial charge in [-0.1, -0.05) is 12.1 Å². The Labute approximate surface area is 111 Å². The average Bonchev–Trinajstić information content (AvgIpc) is 2.89. The van der Waals surface area contributed by atoms with Crippen LogP contribution in [-0.2, 0) is 13.1 Å². The van der Waals surface area contributed by atoms with Crippen LogP contribution in [0.4, 0.5) is 5.69 Å². The highest BCUT2D eigenvalue weighted by molar-refractivity contribution is 5.44. The first kappa shape index (κ1) is 13.2. The summed E-state index contributed by atoms with van der Waals surface area (Å²) in [4.78, 5) is 14.5. The van der Waals surface area contributed by atoms with Crippen LogP contribution >= 0.6 is 0 Å². The zero-order chi connectivity index (χ0) is 13.7. The van der Waals surface area contributed by atoms with E-state index in [1.807, 2.05) is 16.8 Å². The van der Waals surface area contributed by atoms with Crippen LogP contribution in [0.2, 0.25) is 0 Å². The van der Waals surface area contributed by atoms with Crippen LogP contribution in [0.5, 0.6) is 0 Å². The number of nitro groups is 1. The van der Waals surface area contributed by atoms with E-state index in [9.17, 15) is 10.1 Å². The summed E-state index contributed by atoms with van der Waals surface area (Å²) in [5.74, 6) is 0. The van der Waals surface area contributed by atoms with Gasteiger partial charge in [0.1, 0.15) is 0 Å². The van der Waals surface area contributed by atoms with Crippen molar-refractivity contribution in [2.75, 3.05) is 6.54 Å². The second-order valence-corrected chi connectivity index (χ2v) is 4.30. The molecule has 1 aromatic heterocycles. The predicted octanol–water partition coefficient (Wildman–Crippen LogP) is 1.89. The minimum absolute atomic E-state index is 0.175. The molecule has 0 bridgehead atoms. The molecular weight excluding hydrogens is 244 g/mol.